The van der Waals surface area contributed by atoms with Crippen LogP contribution < -0.4 is 0 Å². The largest absolute Gasteiger partial charge is 0.472 e. The Labute approximate surface area is 242 Å². The van der Waals surface area contributed by atoms with E-state index in [-0.39, 0.29) is 18.1 Å². The average Bonchev–Trinajstić information content (AvgIpc) is 3.20. The van der Waals surface area contributed by atoms with Gasteiger partial charge < -0.3 is 42.6 Å². The number of fused-ring (bicyclic) bond motifs is 1. The van der Waals surface area contributed by atoms with Gasteiger partial charge in [-0.05, 0) is 6.42 Å². The molecule has 2 aliphatic heterocycles. The number of hydrogen-bond acceptors (Lipinski definition) is 15. The van der Waals surface area contributed by atoms with Crippen LogP contribution in [0.4, 0.5) is 0 Å². The Kier molecular flexibility index (Phi) is 10.9. The number of hydrogen-bond donors (Lipinski definition) is 0. The van der Waals surface area contributed by atoms with Crippen molar-refractivity contribution in [1.82, 2.24) is 0 Å². The lowest BCUT2D eigenvalue weighted by molar-refractivity contribution is -0.308. The summed E-state index contributed by atoms with van der Waals surface area (Å²) in [4.78, 5) is 72.0. The third-order valence-corrected chi connectivity index (χ3v) is 7.13. The zero-order valence-corrected chi connectivity index (χ0v) is 24.4. The summed E-state index contributed by atoms with van der Waals surface area (Å²) >= 11 is 0. The molecule has 10 atom stereocenters. The molecule has 1 aliphatic carbocycles. The Bertz CT molecular complexity index is 1100. The fourth-order valence-electron chi connectivity index (χ4n) is 5.60. The predicted octanol–water partition coefficient (Wildman–Crippen LogP) is 0.703. The number of rotatable bonds is 9. The van der Waals surface area contributed by atoms with Gasteiger partial charge in [0.25, 0.3) is 0 Å². The van der Waals surface area contributed by atoms with Crippen molar-refractivity contribution in [3.63, 3.8) is 0 Å². The molecule has 0 amide bonds. The number of ether oxygens (including phenoxy) is 9. The minimum atomic E-state index is -1.55. The second-order valence-electron chi connectivity index (χ2n) is 10.2. The van der Waals surface area contributed by atoms with E-state index in [4.69, 9.17) is 42.6 Å². The molecular weight excluding hydrogens is 564 g/mol. The van der Waals surface area contributed by atoms with Gasteiger partial charge in [-0.2, -0.15) is 0 Å². The molecule has 3 aliphatic rings. The lowest BCUT2D eigenvalue weighted by Gasteiger charge is -2.44. The minimum Gasteiger partial charge on any atom is -0.472 e. The maximum atomic E-state index is 12.5. The molecule has 0 radical (unpaired) electrons. The van der Waals surface area contributed by atoms with E-state index in [1.54, 1.807) is 0 Å². The van der Waals surface area contributed by atoms with Crippen LogP contribution in [0.1, 0.15) is 48.0 Å². The molecule has 0 aromatic rings. The quantitative estimate of drug-likeness (QED) is 0.266. The van der Waals surface area contributed by atoms with Crippen molar-refractivity contribution in [3.8, 4) is 0 Å². The summed E-state index contributed by atoms with van der Waals surface area (Å²) in [7, 11) is 1.24. The van der Waals surface area contributed by atoms with Gasteiger partial charge in [-0.25, -0.2) is 4.79 Å². The molecule has 0 aromatic heterocycles. The summed E-state index contributed by atoms with van der Waals surface area (Å²) < 4.78 is 49.4. The van der Waals surface area contributed by atoms with E-state index in [2.05, 4.69) is 0 Å². The average molecular weight is 601 g/mol. The van der Waals surface area contributed by atoms with Crippen molar-refractivity contribution in [2.24, 2.45) is 17.8 Å². The summed E-state index contributed by atoms with van der Waals surface area (Å²) in [6.45, 7) is 7.15. The van der Waals surface area contributed by atoms with Crippen LogP contribution >= 0.6 is 0 Å². The van der Waals surface area contributed by atoms with Gasteiger partial charge in [0.1, 0.15) is 12.2 Å². The zero-order valence-electron chi connectivity index (χ0n) is 24.4. The predicted molar refractivity (Wildman–Crippen MR) is 134 cm³/mol. The molecule has 3 rings (SSSR count). The first-order valence-corrected chi connectivity index (χ1v) is 13.3. The molecule has 1 saturated carbocycles. The van der Waals surface area contributed by atoms with Gasteiger partial charge in [-0.1, -0.05) is 6.92 Å². The van der Waals surface area contributed by atoms with Gasteiger partial charge >= 0.3 is 35.8 Å². The molecule has 1 saturated heterocycles. The third kappa shape index (κ3) is 7.76. The highest BCUT2D eigenvalue weighted by molar-refractivity contribution is 5.89. The summed E-state index contributed by atoms with van der Waals surface area (Å²) in [5, 5.41) is 0. The van der Waals surface area contributed by atoms with Gasteiger partial charge in [-0.15, -0.1) is 0 Å². The van der Waals surface area contributed by atoms with Crippen molar-refractivity contribution in [2.75, 3.05) is 13.7 Å². The molecule has 10 unspecified atom stereocenters. The lowest BCUT2D eigenvalue weighted by atomic mass is 9.83. The maximum Gasteiger partial charge on any atom is 0.337 e. The van der Waals surface area contributed by atoms with Crippen molar-refractivity contribution >= 4 is 35.8 Å². The van der Waals surface area contributed by atoms with E-state index >= 15 is 0 Å². The van der Waals surface area contributed by atoms with Crippen molar-refractivity contribution in [3.05, 3.63) is 11.8 Å². The van der Waals surface area contributed by atoms with Crippen LogP contribution in [0, 0.1) is 17.8 Å². The van der Waals surface area contributed by atoms with E-state index in [1.807, 2.05) is 6.92 Å². The van der Waals surface area contributed by atoms with Crippen LogP contribution in [-0.4, -0.2) is 92.6 Å². The summed E-state index contributed by atoms with van der Waals surface area (Å²) in [6, 6.07) is 0. The molecule has 0 aromatic carbocycles. The van der Waals surface area contributed by atoms with Crippen molar-refractivity contribution in [2.45, 2.75) is 91.1 Å². The number of esters is 6. The first-order valence-electron chi connectivity index (χ1n) is 13.3. The van der Waals surface area contributed by atoms with Crippen LogP contribution in [0.5, 0.6) is 0 Å². The van der Waals surface area contributed by atoms with Crippen LogP contribution in [0.2, 0.25) is 0 Å². The molecular formula is C27H36O15. The highest BCUT2D eigenvalue weighted by Crippen LogP contribution is 2.48. The lowest BCUT2D eigenvalue weighted by Crippen LogP contribution is -2.63. The molecule has 234 valence electrons. The minimum absolute atomic E-state index is 0.254. The Morgan fingerprint density at radius 1 is 0.762 bits per heavy atom. The summed E-state index contributed by atoms with van der Waals surface area (Å²) in [5.74, 6) is -5.49. The Morgan fingerprint density at radius 2 is 1.31 bits per heavy atom. The van der Waals surface area contributed by atoms with E-state index in [0.29, 0.717) is 6.42 Å². The van der Waals surface area contributed by atoms with E-state index < -0.39 is 90.8 Å². The Balaban J connectivity index is 1.92. The van der Waals surface area contributed by atoms with Crippen molar-refractivity contribution in [1.29, 1.82) is 0 Å². The third-order valence-electron chi connectivity index (χ3n) is 7.13. The standard InChI is InChI=1S/C27H36O15/c1-11-19(37-12(2)28)8-17-18(25(33)34-7)9-35-26(21(11)17)36-10-20-22(38-13(3)29)23(39-14(4)30)24(40-15(5)31)27(42-20)41-16(6)32/h9,11,17,19-24,26-27H,8,10H2,1-7H3. The van der Waals surface area contributed by atoms with Crippen LogP contribution in [-0.2, 0) is 71.4 Å². The van der Waals surface area contributed by atoms with Crippen LogP contribution in [0.15, 0.2) is 11.8 Å². The second-order valence-corrected chi connectivity index (χ2v) is 10.2. The monoisotopic (exact) mass is 600 g/mol. The first-order chi connectivity index (χ1) is 19.7. The molecule has 0 bridgehead atoms. The topological polar surface area (TPSA) is 185 Å². The second kappa shape index (κ2) is 14.0. The molecule has 15 heteroatoms. The molecule has 15 nitrogen and oxygen atoms in total. The highest BCUT2D eigenvalue weighted by atomic mass is 16.8. The molecule has 0 spiro atoms. The zero-order chi connectivity index (χ0) is 31.3. The maximum absolute atomic E-state index is 12.5. The molecule has 2 heterocycles. The molecule has 42 heavy (non-hydrogen) atoms. The highest BCUT2D eigenvalue weighted by Gasteiger charge is 2.55. The first kappa shape index (κ1) is 32.8. The SMILES string of the molecule is COC(=O)C1=COC(OCC2OC(OC(C)=O)C(OC(C)=O)C(OC(C)=O)C2OC(C)=O)C2C1CC(OC(C)=O)C2C. The van der Waals surface area contributed by atoms with Crippen LogP contribution in [0.3, 0.4) is 0 Å². The van der Waals surface area contributed by atoms with Gasteiger partial charge in [0.2, 0.25) is 18.7 Å². The summed E-state index contributed by atoms with van der Waals surface area (Å²) in [6.07, 6.45) is -7.04. The number of carbonyl (C=O) groups is 6. The van der Waals surface area contributed by atoms with E-state index in [9.17, 15) is 28.8 Å². The van der Waals surface area contributed by atoms with E-state index in [0.717, 1.165) is 27.7 Å². The van der Waals surface area contributed by atoms with Crippen LogP contribution in [0.25, 0.3) is 0 Å². The molecule has 2 fully saturated rings. The summed E-state index contributed by atoms with van der Waals surface area (Å²) in [5.41, 5.74) is 0.254. The van der Waals surface area contributed by atoms with Gasteiger partial charge in [0.05, 0.1) is 25.6 Å². The van der Waals surface area contributed by atoms with Gasteiger partial charge in [0.15, 0.2) is 12.2 Å². The Morgan fingerprint density at radius 3 is 1.86 bits per heavy atom. The smallest absolute Gasteiger partial charge is 0.337 e. The number of carbonyl (C=O) groups excluding carboxylic acids is 6. The fraction of sp³-hybridized carbons (Fsp3) is 0.704. The fourth-order valence-corrected chi connectivity index (χ4v) is 5.60. The van der Waals surface area contributed by atoms with E-state index in [1.165, 1.54) is 20.3 Å². The van der Waals surface area contributed by atoms with Gasteiger partial charge in [0, 0.05) is 52.4 Å². The van der Waals surface area contributed by atoms with Crippen molar-refractivity contribution < 1.29 is 71.4 Å². The van der Waals surface area contributed by atoms with Gasteiger partial charge in [-0.3, -0.25) is 24.0 Å². The Hall–Kier alpha value is -3.72. The normalized spacial score (nSPS) is 33.5. The number of methoxy groups -OCH3 is 1. The molecule has 0 N–H and O–H groups in total.